The van der Waals surface area contributed by atoms with E-state index in [1.54, 1.807) is 48.5 Å². The number of rotatable bonds is 12. The Morgan fingerprint density at radius 1 is 1.03 bits per heavy atom. The summed E-state index contributed by atoms with van der Waals surface area (Å²) in [6.45, 7) is 3.49. The van der Waals surface area contributed by atoms with Crippen LogP contribution >= 0.6 is 0 Å². The Labute approximate surface area is 210 Å². The highest BCUT2D eigenvalue weighted by molar-refractivity contribution is 7.92. The van der Waals surface area contributed by atoms with Gasteiger partial charge in [0.1, 0.15) is 24.7 Å². The summed E-state index contributed by atoms with van der Waals surface area (Å²) in [7, 11) is -2.23. The normalized spacial score (nSPS) is 11.1. The highest BCUT2D eigenvalue weighted by Gasteiger charge is 2.21. The van der Waals surface area contributed by atoms with Crippen molar-refractivity contribution in [2.45, 2.75) is 0 Å². The summed E-state index contributed by atoms with van der Waals surface area (Å²) < 4.78 is 42.2. The summed E-state index contributed by atoms with van der Waals surface area (Å²) in [5.41, 5.74) is 3.31. The van der Waals surface area contributed by atoms with Gasteiger partial charge in [-0.2, -0.15) is 5.10 Å². The minimum absolute atomic E-state index is 0.317. The lowest BCUT2D eigenvalue weighted by atomic mass is 10.2. The van der Waals surface area contributed by atoms with Gasteiger partial charge in [0.2, 0.25) is 10.0 Å². The largest absolute Gasteiger partial charge is 0.493 e. The molecule has 0 fully saturated rings. The van der Waals surface area contributed by atoms with E-state index < -0.39 is 22.5 Å². The molecule has 10 heteroatoms. The summed E-state index contributed by atoms with van der Waals surface area (Å²) in [6.07, 6.45) is 4.06. The van der Waals surface area contributed by atoms with E-state index in [9.17, 15) is 13.2 Å². The van der Waals surface area contributed by atoms with Crippen LogP contribution in [-0.4, -0.2) is 47.1 Å². The Bertz CT molecular complexity index is 1310. The van der Waals surface area contributed by atoms with Crippen LogP contribution < -0.4 is 23.9 Å². The fraction of sp³-hybridized carbons (Fsp3) is 0.154. The van der Waals surface area contributed by atoms with E-state index in [1.807, 2.05) is 30.3 Å². The number of benzene rings is 3. The molecular formula is C26H27N3O6S. The van der Waals surface area contributed by atoms with Gasteiger partial charge < -0.3 is 14.2 Å². The molecule has 1 N–H and O–H groups in total. The van der Waals surface area contributed by atoms with Gasteiger partial charge in [-0.3, -0.25) is 9.10 Å². The summed E-state index contributed by atoms with van der Waals surface area (Å²) in [5, 5.41) is 3.92. The van der Waals surface area contributed by atoms with Gasteiger partial charge in [-0.1, -0.05) is 30.9 Å². The highest BCUT2D eigenvalue weighted by atomic mass is 32.2. The number of carbonyl (C=O) groups excluding carboxylic acids is 1. The summed E-state index contributed by atoms with van der Waals surface area (Å²) in [4.78, 5) is 12.5. The molecular weight excluding hydrogens is 482 g/mol. The lowest BCUT2D eigenvalue weighted by Crippen LogP contribution is -2.39. The molecule has 0 heterocycles. The summed E-state index contributed by atoms with van der Waals surface area (Å²) in [5.74, 6) is 1.61. The van der Waals surface area contributed by atoms with E-state index in [1.165, 1.54) is 13.3 Å². The SMILES string of the molecule is C=CCOc1ccc(/C=N\NC(=O)CN(c2ccc(Oc3ccccc3)cc2)S(C)(=O)=O)cc1OC. The fourth-order valence-electron chi connectivity index (χ4n) is 3.08. The molecule has 3 rings (SSSR count). The van der Waals surface area contributed by atoms with E-state index in [0.717, 1.165) is 10.6 Å². The second-order valence-corrected chi connectivity index (χ2v) is 9.39. The van der Waals surface area contributed by atoms with Crippen molar-refractivity contribution in [3.63, 3.8) is 0 Å². The minimum atomic E-state index is -3.74. The van der Waals surface area contributed by atoms with E-state index in [2.05, 4.69) is 17.1 Å². The maximum absolute atomic E-state index is 12.5. The third-order valence-corrected chi connectivity index (χ3v) is 5.88. The number of hydrogen-bond acceptors (Lipinski definition) is 7. The fourth-order valence-corrected chi connectivity index (χ4v) is 3.94. The zero-order chi connectivity index (χ0) is 26.0. The topological polar surface area (TPSA) is 107 Å². The third-order valence-electron chi connectivity index (χ3n) is 4.74. The predicted octanol–water partition coefficient (Wildman–Crippen LogP) is 3.97. The zero-order valence-electron chi connectivity index (χ0n) is 20.0. The number of para-hydroxylation sites is 1. The van der Waals surface area contributed by atoms with Crippen molar-refractivity contribution in [3.8, 4) is 23.0 Å². The van der Waals surface area contributed by atoms with Crippen LogP contribution in [0.25, 0.3) is 0 Å². The van der Waals surface area contributed by atoms with E-state index >= 15 is 0 Å². The van der Waals surface area contributed by atoms with Crippen molar-refractivity contribution in [1.82, 2.24) is 5.43 Å². The standard InChI is InChI=1S/C26H27N3O6S/c1-4-16-34-24-15-10-20(17-25(24)33-2)18-27-28-26(30)19-29(36(3,31)32)21-11-13-23(14-12-21)35-22-8-6-5-7-9-22/h4-15,17-18H,1,16,19H2,2-3H3,(H,28,30)/b27-18-. The van der Waals surface area contributed by atoms with Gasteiger partial charge in [0.05, 0.1) is 25.3 Å². The smallest absolute Gasteiger partial charge is 0.260 e. The Kier molecular flexibility index (Phi) is 9.07. The van der Waals surface area contributed by atoms with Gasteiger partial charge >= 0.3 is 0 Å². The Morgan fingerprint density at radius 2 is 1.72 bits per heavy atom. The zero-order valence-corrected chi connectivity index (χ0v) is 20.8. The molecule has 0 spiro atoms. The highest BCUT2D eigenvalue weighted by Crippen LogP contribution is 2.28. The minimum Gasteiger partial charge on any atom is -0.493 e. The number of sulfonamides is 1. The van der Waals surface area contributed by atoms with Crippen LogP contribution in [-0.2, 0) is 14.8 Å². The summed E-state index contributed by atoms with van der Waals surface area (Å²) in [6, 6.07) is 20.7. The Morgan fingerprint density at radius 3 is 2.36 bits per heavy atom. The molecule has 36 heavy (non-hydrogen) atoms. The maximum atomic E-state index is 12.5. The van der Waals surface area contributed by atoms with Gasteiger partial charge in [0, 0.05) is 0 Å². The number of amides is 1. The van der Waals surface area contributed by atoms with Gasteiger partial charge in [0.15, 0.2) is 11.5 Å². The van der Waals surface area contributed by atoms with Gasteiger partial charge in [0.25, 0.3) is 5.91 Å². The number of nitrogens with zero attached hydrogens (tertiary/aromatic N) is 2. The first-order chi connectivity index (χ1) is 17.3. The Hall–Kier alpha value is -4.31. The molecule has 0 radical (unpaired) electrons. The number of ether oxygens (including phenoxy) is 3. The van der Waals surface area contributed by atoms with Crippen molar-refractivity contribution < 1.29 is 27.4 Å². The van der Waals surface area contributed by atoms with E-state index in [-0.39, 0.29) is 0 Å². The second kappa shape index (κ2) is 12.4. The first-order valence-electron chi connectivity index (χ1n) is 10.8. The van der Waals surface area contributed by atoms with Crippen LogP contribution in [0.4, 0.5) is 5.69 Å². The van der Waals surface area contributed by atoms with E-state index in [4.69, 9.17) is 14.2 Å². The molecule has 0 saturated carbocycles. The molecule has 1 amide bonds. The number of anilines is 1. The van der Waals surface area contributed by atoms with Crippen LogP contribution in [0.15, 0.2) is 90.6 Å². The van der Waals surface area contributed by atoms with Crippen molar-refractivity contribution >= 4 is 27.8 Å². The predicted molar refractivity (Wildman–Crippen MR) is 140 cm³/mol. The number of nitrogens with one attached hydrogen (secondary N) is 1. The molecule has 0 aliphatic heterocycles. The first-order valence-corrected chi connectivity index (χ1v) is 12.7. The van der Waals surface area contributed by atoms with Crippen molar-refractivity contribution in [1.29, 1.82) is 0 Å². The molecule has 0 aliphatic carbocycles. The second-order valence-electron chi connectivity index (χ2n) is 7.48. The maximum Gasteiger partial charge on any atom is 0.260 e. The van der Waals surface area contributed by atoms with Gasteiger partial charge in [-0.05, 0) is 60.2 Å². The van der Waals surface area contributed by atoms with Crippen LogP contribution in [0.5, 0.6) is 23.0 Å². The molecule has 0 bridgehead atoms. The molecule has 3 aromatic carbocycles. The average Bonchev–Trinajstić information content (AvgIpc) is 2.87. The van der Waals surface area contributed by atoms with Crippen LogP contribution in [0.2, 0.25) is 0 Å². The van der Waals surface area contributed by atoms with Crippen LogP contribution in [0.1, 0.15) is 5.56 Å². The van der Waals surface area contributed by atoms with Crippen molar-refractivity contribution in [2.24, 2.45) is 5.10 Å². The number of carbonyl (C=O) groups is 1. The molecule has 0 atom stereocenters. The molecule has 0 aromatic heterocycles. The lowest BCUT2D eigenvalue weighted by Gasteiger charge is -2.21. The molecule has 3 aromatic rings. The van der Waals surface area contributed by atoms with Crippen LogP contribution in [0, 0.1) is 0 Å². The number of methoxy groups -OCH3 is 1. The van der Waals surface area contributed by atoms with Crippen LogP contribution in [0.3, 0.4) is 0 Å². The van der Waals surface area contributed by atoms with E-state index in [0.29, 0.717) is 40.9 Å². The molecule has 0 saturated heterocycles. The average molecular weight is 510 g/mol. The molecule has 0 unspecified atom stereocenters. The lowest BCUT2D eigenvalue weighted by molar-refractivity contribution is -0.119. The van der Waals surface area contributed by atoms with Crippen molar-refractivity contribution in [2.75, 3.05) is 30.8 Å². The number of hydrazone groups is 1. The molecule has 9 nitrogen and oxygen atoms in total. The number of hydrogen-bond donors (Lipinski definition) is 1. The first kappa shape index (κ1) is 26.3. The monoisotopic (exact) mass is 509 g/mol. The molecule has 0 aliphatic rings. The molecule has 188 valence electrons. The van der Waals surface area contributed by atoms with Crippen molar-refractivity contribution in [3.05, 3.63) is 91.0 Å². The summed E-state index contributed by atoms with van der Waals surface area (Å²) >= 11 is 0. The Balaban J connectivity index is 1.64. The quantitative estimate of drug-likeness (QED) is 0.225. The van der Waals surface area contributed by atoms with Gasteiger partial charge in [-0.15, -0.1) is 0 Å². The van der Waals surface area contributed by atoms with Gasteiger partial charge in [-0.25, -0.2) is 13.8 Å². The third kappa shape index (κ3) is 7.60.